The molecule has 0 aliphatic heterocycles. The third-order valence-corrected chi connectivity index (χ3v) is 3.31. The first-order chi connectivity index (χ1) is 9.69. The number of carboxylic acid groups (broad SMARTS) is 1. The summed E-state index contributed by atoms with van der Waals surface area (Å²) in [5.74, 6) is -0.891. The number of aryl methyl sites for hydroxylation is 2. The molecule has 0 heterocycles. The van der Waals surface area contributed by atoms with E-state index < -0.39 is 5.97 Å². The number of hydrogen-bond donors (Lipinski definition) is 2. The molecular formula is C17H18O3. The summed E-state index contributed by atoms with van der Waals surface area (Å²) in [7, 11) is 0. The number of carboxylic acids is 1. The minimum Gasteiger partial charge on any atom is -0.478 e. The molecule has 2 aromatic rings. The lowest BCUT2D eigenvalue weighted by Gasteiger charge is -2.04. The van der Waals surface area contributed by atoms with Crippen molar-refractivity contribution < 1.29 is 15.0 Å². The van der Waals surface area contributed by atoms with Gasteiger partial charge in [-0.3, -0.25) is 0 Å². The lowest BCUT2D eigenvalue weighted by molar-refractivity contribution is 0.0697. The van der Waals surface area contributed by atoms with E-state index >= 15 is 0 Å². The van der Waals surface area contributed by atoms with Gasteiger partial charge in [-0.2, -0.15) is 0 Å². The zero-order chi connectivity index (χ0) is 14.4. The molecule has 0 spiro atoms. The van der Waals surface area contributed by atoms with Crippen LogP contribution in [0.15, 0.2) is 48.5 Å². The summed E-state index contributed by atoms with van der Waals surface area (Å²) in [5.41, 5.74) is 3.63. The first-order valence-electron chi connectivity index (χ1n) is 6.70. The summed E-state index contributed by atoms with van der Waals surface area (Å²) in [6, 6.07) is 15.0. The molecule has 2 aromatic carbocycles. The highest BCUT2D eigenvalue weighted by molar-refractivity contribution is 5.87. The predicted octanol–water partition coefficient (Wildman–Crippen LogP) is 3.05. The molecule has 0 bridgehead atoms. The van der Waals surface area contributed by atoms with Crippen LogP contribution in [0.1, 0.15) is 33.5 Å². The number of carbonyl (C=O) groups is 1. The second kappa shape index (κ2) is 6.87. The second-order valence-corrected chi connectivity index (χ2v) is 4.83. The van der Waals surface area contributed by atoms with Crippen LogP contribution in [0.3, 0.4) is 0 Å². The van der Waals surface area contributed by atoms with Crippen LogP contribution in [0.25, 0.3) is 0 Å². The Morgan fingerprint density at radius 2 is 1.55 bits per heavy atom. The predicted molar refractivity (Wildman–Crippen MR) is 77.8 cm³/mol. The molecule has 20 heavy (non-hydrogen) atoms. The van der Waals surface area contributed by atoms with E-state index in [0.29, 0.717) is 5.56 Å². The van der Waals surface area contributed by atoms with Gasteiger partial charge in [-0.15, -0.1) is 0 Å². The highest BCUT2D eigenvalue weighted by atomic mass is 16.4. The van der Waals surface area contributed by atoms with Crippen LogP contribution in [-0.4, -0.2) is 16.2 Å². The third-order valence-electron chi connectivity index (χ3n) is 3.31. The fourth-order valence-electron chi connectivity index (χ4n) is 2.19. The lowest BCUT2D eigenvalue weighted by Crippen LogP contribution is -1.96. The molecule has 0 aromatic heterocycles. The summed E-state index contributed by atoms with van der Waals surface area (Å²) in [5, 5.41) is 17.9. The average Bonchev–Trinajstić information content (AvgIpc) is 2.48. The van der Waals surface area contributed by atoms with Crippen molar-refractivity contribution in [3.63, 3.8) is 0 Å². The Hall–Kier alpha value is -2.13. The van der Waals surface area contributed by atoms with Crippen LogP contribution in [0, 0.1) is 0 Å². The molecule has 0 saturated carbocycles. The summed E-state index contributed by atoms with van der Waals surface area (Å²) in [6.45, 7) is 0.0739. The minimum atomic E-state index is -0.891. The SMILES string of the molecule is O=C(O)c1ccc(CCCc2cccc(CO)c2)cc1. The number of aromatic carboxylic acids is 1. The van der Waals surface area contributed by atoms with Gasteiger partial charge < -0.3 is 10.2 Å². The Labute approximate surface area is 118 Å². The molecule has 0 saturated heterocycles. The van der Waals surface area contributed by atoms with Crippen LogP contribution >= 0.6 is 0 Å². The van der Waals surface area contributed by atoms with E-state index in [1.165, 1.54) is 5.56 Å². The molecule has 0 amide bonds. The van der Waals surface area contributed by atoms with E-state index in [4.69, 9.17) is 10.2 Å². The van der Waals surface area contributed by atoms with E-state index in [1.54, 1.807) is 12.1 Å². The molecule has 0 atom stereocenters. The van der Waals surface area contributed by atoms with Gasteiger partial charge in [-0.1, -0.05) is 36.4 Å². The summed E-state index contributed by atoms with van der Waals surface area (Å²) >= 11 is 0. The summed E-state index contributed by atoms with van der Waals surface area (Å²) in [6.07, 6.45) is 2.87. The maximum absolute atomic E-state index is 10.8. The van der Waals surface area contributed by atoms with Crippen LogP contribution in [-0.2, 0) is 19.4 Å². The fourth-order valence-corrected chi connectivity index (χ4v) is 2.19. The molecule has 0 aliphatic rings. The Morgan fingerprint density at radius 1 is 0.900 bits per heavy atom. The van der Waals surface area contributed by atoms with E-state index in [-0.39, 0.29) is 6.61 Å². The topological polar surface area (TPSA) is 57.5 Å². The maximum atomic E-state index is 10.8. The highest BCUT2D eigenvalue weighted by Crippen LogP contribution is 2.11. The first kappa shape index (κ1) is 14.3. The Morgan fingerprint density at radius 3 is 2.20 bits per heavy atom. The van der Waals surface area contributed by atoms with Crippen LogP contribution in [0.5, 0.6) is 0 Å². The molecule has 2 rings (SSSR count). The van der Waals surface area contributed by atoms with E-state index in [1.807, 2.05) is 30.3 Å². The van der Waals surface area contributed by atoms with Gasteiger partial charge in [-0.25, -0.2) is 4.79 Å². The van der Waals surface area contributed by atoms with Crippen molar-refractivity contribution in [3.8, 4) is 0 Å². The Balaban J connectivity index is 1.87. The van der Waals surface area contributed by atoms with Gasteiger partial charge in [0.15, 0.2) is 0 Å². The van der Waals surface area contributed by atoms with Crippen molar-refractivity contribution in [3.05, 3.63) is 70.8 Å². The number of benzene rings is 2. The average molecular weight is 270 g/mol. The fraction of sp³-hybridized carbons (Fsp3) is 0.235. The maximum Gasteiger partial charge on any atom is 0.335 e. The number of aliphatic hydroxyl groups is 1. The van der Waals surface area contributed by atoms with Gasteiger partial charge in [0.25, 0.3) is 0 Å². The van der Waals surface area contributed by atoms with E-state index in [0.717, 1.165) is 30.4 Å². The van der Waals surface area contributed by atoms with Gasteiger partial charge in [0.2, 0.25) is 0 Å². The van der Waals surface area contributed by atoms with E-state index in [9.17, 15) is 4.79 Å². The van der Waals surface area contributed by atoms with Crippen LogP contribution < -0.4 is 0 Å². The number of rotatable bonds is 6. The molecule has 0 fully saturated rings. The third kappa shape index (κ3) is 3.93. The Kier molecular flexibility index (Phi) is 4.91. The van der Waals surface area contributed by atoms with Gasteiger partial charge >= 0.3 is 5.97 Å². The van der Waals surface area contributed by atoms with Crippen LogP contribution in [0.4, 0.5) is 0 Å². The highest BCUT2D eigenvalue weighted by Gasteiger charge is 2.02. The van der Waals surface area contributed by atoms with Crippen LogP contribution in [0.2, 0.25) is 0 Å². The van der Waals surface area contributed by atoms with Gasteiger partial charge in [0.05, 0.1) is 12.2 Å². The standard InChI is InChI=1S/C17H18O3/c18-12-15-6-2-5-14(11-15)4-1-3-13-7-9-16(10-8-13)17(19)20/h2,5-11,18H,1,3-4,12H2,(H,19,20). The zero-order valence-electron chi connectivity index (χ0n) is 11.2. The van der Waals surface area contributed by atoms with Gasteiger partial charge in [-0.05, 0) is 48.1 Å². The second-order valence-electron chi connectivity index (χ2n) is 4.83. The number of aliphatic hydroxyl groups excluding tert-OH is 1. The van der Waals surface area contributed by atoms with E-state index in [2.05, 4.69) is 6.07 Å². The van der Waals surface area contributed by atoms with Gasteiger partial charge in [0.1, 0.15) is 0 Å². The molecule has 0 unspecified atom stereocenters. The molecule has 3 nitrogen and oxygen atoms in total. The summed E-state index contributed by atoms with van der Waals surface area (Å²) in [4.78, 5) is 10.8. The molecule has 0 aliphatic carbocycles. The Bertz CT molecular complexity index is 573. The van der Waals surface area contributed by atoms with Crippen molar-refractivity contribution in [2.45, 2.75) is 25.9 Å². The molecule has 0 radical (unpaired) electrons. The molecular weight excluding hydrogens is 252 g/mol. The lowest BCUT2D eigenvalue weighted by atomic mass is 10.0. The quantitative estimate of drug-likeness (QED) is 0.848. The van der Waals surface area contributed by atoms with Crippen molar-refractivity contribution >= 4 is 5.97 Å². The normalized spacial score (nSPS) is 10.4. The number of hydrogen-bond acceptors (Lipinski definition) is 2. The molecule has 2 N–H and O–H groups in total. The molecule has 3 heteroatoms. The van der Waals surface area contributed by atoms with Crippen molar-refractivity contribution in [2.24, 2.45) is 0 Å². The molecule has 104 valence electrons. The van der Waals surface area contributed by atoms with Crippen molar-refractivity contribution in [1.82, 2.24) is 0 Å². The summed E-state index contributed by atoms with van der Waals surface area (Å²) < 4.78 is 0. The first-order valence-corrected chi connectivity index (χ1v) is 6.70. The minimum absolute atomic E-state index is 0.0739. The van der Waals surface area contributed by atoms with Gasteiger partial charge in [0, 0.05) is 0 Å². The van der Waals surface area contributed by atoms with Crippen molar-refractivity contribution in [2.75, 3.05) is 0 Å². The largest absolute Gasteiger partial charge is 0.478 e. The zero-order valence-corrected chi connectivity index (χ0v) is 11.2. The monoisotopic (exact) mass is 270 g/mol. The van der Waals surface area contributed by atoms with Crippen molar-refractivity contribution in [1.29, 1.82) is 0 Å². The smallest absolute Gasteiger partial charge is 0.335 e.